The molecule has 0 atom stereocenters. The van der Waals surface area contributed by atoms with E-state index in [2.05, 4.69) is 10.3 Å². The summed E-state index contributed by atoms with van der Waals surface area (Å²) in [6, 6.07) is 15.3. The first kappa shape index (κ1) is 19.9. The summed E-state index contributed by atoms with van der Waals surface area (Å²) in [5.41, 5.74) is 1.32. The first-order valence-electron chi connectivity index (χ1n) is 9.25. The lowest BCUT2D eigenvalue weighted by atomic mass is 10.2. The molecule has 0 spiro atoms. The highest BCUT2D eigenvalue weighted by Gasteiger charge is 2.26. The molecule has 1 aromatic heterocycles. The Morgan fingerprint density at radius 2 is 2.07 bits per heavy atom. The van der Waals surface area contributed by atoms with E-state index < -0.39 is 5.82 Å². The average Bonchev–Trinajstić information content (AvgIpc) is 2.77. The van der Waals surface area contributed by atoms with Crippen molar-refractivity contribution in [3.8, 4) is 11.5 Å². The maximum absolute atomic E-state index is 14.3. The summed E-state index contributed by atoms with van der Waals surface area (Å²) in [5.74, 6) is -0.164. The fourth-order valence-corrected chi connectivity index (χ4v) is 3.93. The van der Waals surface area contributed by atoms with Gasteiger partial charge in [0, 0.05) is 17.6 Å². The Morgan fingerprint density at radius 3 is 2.87 bits per heavy atom. The fraction of sp³-hybridized carbons (Fsp3) is 0.136. The molecule has 6 nitrogen and oxygen atoms in total. The number of para-hydroxylation sites is 1. The van der Waals surface area contributed by atoms with Gasteiger partial charge in [0.25, 0.3) is 0 Å². The second kappa shape index (κ2) is 8.96. The molecule has 2 aromatic carbocycles. The largest absolute Gasteiger partial charge is 0.453 e. The molecule has 8 heteroatoms. The fourth-order valence-electron chi connectivity index (χ4n) is 3.00. The van der Waals surface area contributed by atoms with Gasteiger partial charge in [-0.2, -0.15) is 0 Å². The molecule has 0 radical (unpaired) electrons. The van der Waals surface area contributed by atoms with Crippen molar-refractivity contribution in [3.05, 3.63) is 78.4 Å². The van der Waals surface area contributed by atoms with Crippen molar-refractivity contribution >= 4 is 29.3 Å². The number of thioether (sulfide) groups is 1. The zero-order chi connectivity index (χ0) is 20.9. The topological polar surface area (TPSA) is 71.5 Å². The summed E-state index contributed by atoms with van der Waals surface area (Å²) in [5, 5.41) is 2.74. The predicted octanol–water partition coefficient (Wildman–Crippen LogP) is 3.77. The Morgan fingerprint density at radius 1 is 1.20 bits per heavy atom. The predicted molar refractivity (Wildman–Crippen MR) is 112 cm³/mol. The summed E-state index contributed by atoms with van der Waals surface area (Å²) in [4.78, 5) is 31.0. The summed E-state index contributed by atoms with van der Waals surface area (Å²) >= 11 is 1.46. The number of rotatable bonds is 6. The maximum Gasteiger partial charge on any atom is 0.240 e. The van der Waals surface area contributed by atoms with Gasteiger partial charge in [-0.05, 0) is 42.0 Å². The lowest BCUT2D eigenvalue weighted by molar-refractivity contribution is -0.123. The van der Waals surface area contributed by atoms with Gasteiger partial charge in [0.1, 0.15) is 12.3 Å². The van der Waals surface area contributed by atoms with E-state index in [9.17, 15) is 14.0 Å². The van der Waals surface area contributed by atoms with Crippen molar-refractivity contribution in [1.82, 2.24) is 10.3 Å². The Bertz CT molecular complexity index is 1080. The number of benzene rings is 2. The van der Waals surface area contributed by atoms with Crippen LogP contribution in [0, 0.1) is 5.82 Å². The molecule has 1 aliphatic heterocycles. The smallest absolute Gasteiger partial charge is 0.240 e. The highest BCUT2D eigenvalue weighted by Crippen LogP contribution is 2.34. The van der Waals surface area contributed by atoms with Crippen molar-refractivity contribution in [2.45, 2.75) is 11.4 Å². The molecule has 0 saturated heterocycles. The van der Waals surface area contributed by atoms with Crippen LogP contribution in [0.15, 0.2) is 71.9 Å². The molecular formula is C22H18FN3O3S. The van der Waals surface area contributed by atoms with Crippen molar-refractivity contribution in [2.24, 2.45) is 0 Å². The van der Waals surface area contributed by atoms with Crippen molar-refractivity contribution in [1.29, 1.82) is 0 Å². The van der Waals surface area contributed by atoms with Crippen molar-refractivity contribution in [3.63, 3.8) is 0 Å². The number of aromatic nitrogens is 1. The van der Waals surface area contributed by atoms with Gasteiger partial charge in [-0.1, -0.05) is 18.2 Å². The van der Waals surface area contributed by atoms with E-state index in [1.807, 2.05) is 24.3 Å². The van der Waals surface area contributed by atoms with Crippen LogP contribution in [0.1, 0.15) is 5.56 Å². The van der Waals surface area contributed by atoms with Crippen LogP contribution in [0.3, 0.4) is 0 Å². The third kappa shape index (κ3) is 4.60. The van der Waals surface area contributed by atoms with E-state index in [0.717, 1.165) is 10.6 Å². The number of hydrogen-bond donors (Lipinski definition) is 1. The second-order valence-corrected chi connectivity index (χ2v) is 7.59. The van der Waals surface area contributed by atoms with Crippen molar-refractivity contribution in [2.75, 3.05) is 17.2 Å². The van der Waals surface area contributed by atoms with Crippen LogP contribution in [-0.4, -0.2) is 29.1 Å². The molecule has 0 saturated carbocycles. The van der Waals surface area contributed by atoms with Crippen LogP contribution >= 0.6 is 11.8 Å². The molecule has 0 bridgehead atoms. The number of carbonyl (C=O) groups is 2. The van der Waals surface area contributed by atoms with E-state index in [0.29, 0.717) is 17.1 Å². The lowest BCUT2D eigenvalue weighted by Crippen LogP contribution is -2.43. The molecule has 4 rings (SSSR count). The highest BCUT2D eigenvalue weighted by atomic mass is 32.2. The quantitative estimate of drug-likeness (QED) is 0.654. The number of fused-ring (bicyclic) bond motifs is 1. The van der Waals surface area contributed by atoms with E-state index in [1.54, 1.807) is 24.4 Å². The molecule has 1 N–H and O–H groups in total. The first-order valence-corrected chi connectivity index (χ1v) is 10.2. The summed E-state index contributed by atoms with van der Waals surface area (Å²) < 4.78 is 19.8. The van der Waals surface area contributed by atoms with Gasteiger partial charge in [0.15, 0.2) is 11.6 Å². The minimum atomic E-state index is -0.539. The monoisotopic (exact) mass is 423 g/mol. The van der Waals surface area contributed by atoms with Gasteiger partial charge >= 0.3 is 0 Å². The Balaban J connectivity index is 1.36. The van der Waals surface area contributed by atoms with E-state index in [4.69, 9.17) is 4.74 Å². The van der Waals surface area contributed by atoms with Crippen molar-refractivity contribution < 1.29 is 18.7 Å². The van der Waals surface area contributed by atoms with Gasteiger partial charge in [-0.3, -0.25) is 14.6 Å². The molecular weight excluding hydrogens is 405 g/mol. The third-order valence-electron chi connectivity index (χ3n) is 4.46. The third-order valence-corrected chi connectivity index (χ3v) is 5.51. The number of ether oxygens (including phenoxy) is 1. The molecule has 0 unspecified atom stereocenters. The number of amides is 2. The van der Waals surface area contributed by atoms with Gasteiger partial charge in [0.2, 0.25) is 11.8 Å². The highest BCUT2D eigenvalue weighted by molar-refractivity contribution is 8.00. The van der Waals surface area contributed by atoms with Crippen LogP contribution in [0.4, 0.5) is 10.1 Å². The first-order chi connectivity index (χ1) is 14.6. The van der Waals surface area contributed by atoms with Gasteiger partial charge in [-0.25, -0.2) is 4.39 Å². The molecule has 0 aliphatic carbocycles. The van der Waals surface area contributed by atoms with Gasteiger partial charge in [0.05, 0.1) is 17.6 Å². The number of hydrogen-bond acceptors (Lipinski definition) is 5. The standard InChI is InChI=1S/C22H18FN3O3S/c23-17-10-15(7-8-19(17)29-16-4-3-9-24-12-16)11-25-21(27)13-26-18-5-1-2-6-20(18)30-14-22(26)28/h1-10,12H,11,13-14H2,(H,25,27). The van der Waals surface area contributed by atoms with Gasteiger partial charge < -0.3 is 15.0 Å². The maximum atomic E-state index is 14.3. The van der Waals surface area contributed by atoms with E-state index in [1.165, 1.54) is 35.0 Å². The van der Waals surface area contributed by atoms with Crippen LogP contribution in [-0.2, 0) is 16.1 Å². The van der Waals surface area contributed by atoms with Crippen LogP contribution < -0.4 is 15.0 Å². The number of nitrogens with one attached hydrogen (secondary N) is 1. The van der Waals surface area contributed by atoms with Crippen LogP contribution in [0.2, 0.25) is 0 Å². The van der Waals surface area contributed by atoms with E-state index >= 15 is 0 Å². The number of anilines is 1. The second-order valence-electron chi connectivity index (χ2n) is 6.57. The normalized spacial score (nSPS) is 13.0. The Hall–Kier alpha value is -3.39. The molecule has 152 valence electrons. The number of carbonyl (C=O) groups excluding carboxylic acids is 2. The number of nitrogens with zero attached hydrogens (tertiary/aromatic N) is 2. The molecule has 1 aliphatic rings. The molecule has 2 amide bonds. The SMILES string of the molecule is O=C(CN1C(=O)CSc2ccccc21)NCc1ccc(Oc2cccnc2)c(F)c1. The van der Waals surface area contributed by atoms with Gasteiger partial charge in [-0.15, -0.1) is 11.8 Å². The zero-order valence-electron chi connectivity index (χ0n) is 15.9. The average molecular weight is 423 g/mol. The molecule has 0 fully saturated rings. The van der Waals surface area contributed by atoms with Crippen LogP contribution in [0.5, 0.6) is 11.5 Å². The summed E-state index contributed by atoms with van der Waals surface area (Å²) in [6.45, 7) is 0.0580. The van der Waals surface area contributed by atoms with Crippen LogP contribution in [0.25, 0.3) is 0 Å². The molecule has 30 heavy (non-hydrogen) atoms. The summed E-state index contributed by atoms with van der Waals surface area (Å²) in [6.07, 6.45) is 3.09. The minimum Gasteiger partial charge on any atom is -0.453 e. The zero-order valence-corrected chi connectivity index (χ0v) is 16.7. The Kier molecular flexibility index (Phi) is 5.94. The number of pyridine rings is 1. The Labute approximate surface area is 177 Å². The van der Waals surface area contributed by atoms with E-state index in [-0.39, 0.29) is 30.7 Å². The molecule has 3 aromatic rings. The number of halogens is 1. The minimum absolute atomic E-state index is 0.0751. The summed E-state index contributed by atoms with van der Waals surface area (Å²) in [7, 11) is 0. The molecule has 2 heterocycles. The lowest BCUT2D eigenvalue weighted by Gasteiger charge is -2.28.